The number of aromatic nitrogens is 2. The van der Waals surface area contributed by atoms with Gasteiger partial charge in [-0.25, -0.2) is 9.37 Å². The van der Waals surface area contributed by atoms with Gasteiger partial charge in [0.1, 0.15) is 11.6 Å². The van der Waals surface area contributed by atoms with Crippen LogP contribution in [0, 0.1) is 12.7 Å². The lowest BCUT2D eigenvalue weighted by molar-refractivity contribution is 0.383. The lowest BCUT2D eigenvalue weighted by Gasteiger charge is -2.24. The van der Waals surface area contributed by atoms with Crippen molar-refractivity contribution >= 4 is 0 Å². The minimum absolute atomic E-state index is 0.230. The standard InChI is InChI=1S/C16H20FN3/c1-10-15(11-4-2-6-13(17)8-11)20-16(19-10)12-5-3-7-14(18)9-12/h2,4,6,8,12,14H,3,5,7,9,18H2,1H3,(H,19,20). The predicted octanol–water partition coefficient (Wildman–Crippen LogP) is 3.51. The lowest BCUT2D eigenvalue weighted by Crippen LogP contribution is -2.27. The molecule has 0 aliphatic heterocycles. The van der Waals surface area contributed by atoms with Gasteiger partial charge in [0.2, 0.25) is 0 Å². The Balaban J connectivity index is 1.91. The summed E-state index contributed by atoms with van der Waals surface area (Å²) >= 11 is 0. The van der Waals surface area contributed by atoms with Gasteiger partial charge < -0.3 is 10.7 Å². The maximum absolute atomic E-state index is 13.3. The van der Waals surface area contributed by atoms with Gasteiger partial charge in [-0.15, -0.1) is 0 Å². The third-order valence-corrected chi connectivity index (χ3v) is 4.10. The van der Waals surface area contributed by atoms with Gasteiger partial charge in [-0.2, -0.15) is 0 Å². The number of halogens is 1. The number of aryl methyl sites for hydroxylation is 1. The van der Waals surface area contributed by atoms with Gasteiger partial charge in [0.25, 0.3) is 0 Å². The number of rotatable bonds is 2. The number of nitrogens with zero attached hydrogens (tertiary/aromatic N) is 1. The number of H-pyrrole nitrogens is 1. The quantitative estimate of drug-likeness (QED) is 0.879. The molecule has 0 bridgehead atoms. The zero-order valence-corrected chi connectivity index (χ0v) is 11.7. The van der Waals surface area contributed by atoms with Crippen molar-refractivity contribution < 1.29 is 4.39 Å². The van der Waals surface area contributed by atoms with Crippen LogP contribution in [0.25, 0.3) is 11.3 Å². The molecular formula is C16H20FN3. The zero-order chi connectivity index (χ0) is 14.1. The van der Waals surface area contributed by atoms with Gasteiger partial charge >= 0.3 is 0 Å². The topological polar surface area (TPSA) is 54.7 Å². The summed E-state index contributed by atoms with van der Waals surface area (Å²) in [5.41, 5.74) is 8.71. The molecule has 20 heavy (non-hydrogen) atoms. The summed E-state index contributed by atoms with van der Waals surface area (Å²) < 4.78 is 13.3. The summed E-state index contributed by atoms with van der Waals surface area (Å²) in [4.78, 5) is 8.07. The summed E-state index contributed by atoms with van der Waals surface area (Å²) in [7, 11) is 0. The van der Waals surface area contributed by atoms with Gasteiger partial charge in [0.05, 0.1) is 5.69 Å². The van der Waals surface area contributed by atoms with E-state index in [4.69, 9.17) is 10.7 Å². The Kier molecular flexibility index (Phi) is 3.57. The fourth-order valence-electron chi connectivity index (χ4n) is 3.07. The zero-order valence-electron chi connectivity index (χ0n) is 11.7. The summed E-state index contributed by atoms with van der Waals surface area (Å²) in [5.74, 6) is 1.17. The largest absolute Gasteiger partial charge is 0.345 e. The van der Waals surface area contributed by atoms with Crippen LogP contribution in [-0.2, 0) is 0 Å². The molecule has 3 nitrogen and oxygen atoms in total. The number of nitrogens with two attached hydrogens (primary N) is 1. The first-order valence-corrected chi connectivity index (χ1v) is 7.21. The molecular weight excluding hydrogens is 253 g/mol. The van der Waals surface area contributed by atoms with E-state index in [1.54, 1.807) is 6.07 Å². The summed E-state index contributed by atoms with van der Waals surface area (Å²) in [5, 5.41) is 0. The van der Waals surface area contributed by atoms with E-state index in [2.05, 4.69) is 4.98 Å². The summed E-state index contributed by atoms with van der Waals surface area (Å²) in [6.45, 7) is 1.99. The van der Waals surface area contributed by atoms with Crippen LogP contribution >= 0.6 is 0 Å². The molecule has 1 heterocycles. The molecule has 2 aromatic rings. The maximum atomic E-state index is 13.3. The van der Waals surface area contributed by atoms with E-state index >= 15 is 0 Å². The number of imidazole rings is 1. The highest BCUT2D eigenvalue weighted by molar-refractivity contribution is 5.62. The Labute approximate surface area is 118 Å². The molecule has 4 heteroatoms. The average molecular weight is 273 g/mol. The lowest BCUT2D eigenvalue weighted by atomic mass is 9.86. The molecule has 2 atom stereocenters. The number of nitrogens with one attached hydrogen (secondary N) is 1. The Hall–Kier alpha value is -1.68. The van der Waals surface area contributed by atoms with Crippen molar-refractivity contribution in [3.8, 4) is 11.3 Å². The molecule has 3 N–H and O–H groups in total. The monoisotopic (exact) mass is 273 g/mol. The highest BCUT2D eigenvalue weighted by Gasteiger charge is 2.24. The molecule has 0 radical (unpaired) electrons. The van der Waals surface area contributed by atoms with E-state index in [1.165, 1.54) is 12.1 Å². The van der Waals surface area contributed by atoms with Crippen molar-refractivity contribution in [1.82, 2.24) is 9.97 Å². The second-order valence-electron chi connectivity index (χ2n) is 5.73. The van der Waals surface area contributed by atoms with Crippen LogP contribution in [0.4, 0.5) is 4.39 Å². The van der Waals surface area contributed by atoms with Crippen LogP contribution in [0.2, 0.25) is 0 Å². The van der Waals surface area contributed by atoms with Gasteiger partial charge in [0.15, 0.2) is 0 Å². The normalized spacial score (nSPS) is 22.9. The smallest absolute Gasteiger partial charge is 0.123 e. The molecule has 1 fully saturated rings. The van der Waals surface area contributed by atoms with E-state index in [1.807, 2.05) is 13.0 Å². The molecule has 0 saturated heterocycles. The molecule has 1 saturated carbocycles. The van der Waals surface area contributed by atoms with Gasteiger partial charge in [0, 0.05) is 23.2 Å². The molecule has 3 rings (SSSR count). The molecule has 0 amide bonds. The van der Waals surface area contributed by atoms with Gasteiger partial charge in [-0.1, -0.05) is 18.6 Å². The highest BCUT2D eigenvalue weighted by atomic mass is 19.1. The third-order valence-electron chi connectivity index (χ3n) is 4.10. The SMILES string of the molecule is Cc1[nH]c(C2CCCC(N)C2)nc1-c1cccc(F)c1. The van der Waals surface area contributed by atoms with E-state index in [9.17, 15) is 4.39 Å². The fraction of sp³-hybridized carbons (Fsp3) is 0.438. The molecule has 0 spiro atoms. The molecule has 106 valence electrons. The van der Waals surface area contributed by atoms with E-state index < -0.39 is 0 Å². The van der Waals surface area contributed by atoms with E-state index in [-0.39, 0.29) is 11.9 Å². The first-order chi connectivity index (χ1) is 9.63. The van der Waals surface area contributed by atoms with Crippen molar-refractivity contribution in [3.63, 3.8) is 0 Å². The number of benzene rings is 1. The van der Waals surface area contributed by atoms with Crippen LogP contribution in [-0.4, -0.2) is 16.0 Å². The van der Waals surface area contributed by atoms with Gasteiger partial charge in [-0.3, -0.25) is 0 Å². The van der Waals surface area contributed by atoms with Crippen LogP contribution in [0.1, 0.15) is 43.1 Å². The Morgan fingerprint density at radius 1 is 1.35 bits per heavy atom. The Bertz CT molecular complexity index is 606. The molecule has 1 aliphatic rings. The van der Waals surface area contributed by atoms with Crippen LogP contribution in [0.5, 0.6) is 0 Å². The Morgan fingerprint density at radius 3 is 2.95 bits per heavy atom. The molecule has 1 aliphatic carbocycles. The minimum atomic E-state index is -0.230. The number of hydrogen-bond donors (Lipinski definition) is 2. The van der Waals surface area contributed by atoms with Crippen LogP contribution < -0.4 is 5.73 Å². The summed E-state index contributed by atoms with van der Waals surface area (Å²) in [6.07, 6.45) is 4.37. The fourth-order valence-corrected chi connectivity index (χ4v) is 3.07. The van der Waals surface area contributed by atoms with Crippen molar-refractivity contribution in [2.75, 3.05) is 0 Å². The molecule has 1 aromatic carbocycles. The second kappa shape index (κ2) is 5.37. The molecule has 2 unspecified atom stereocenters. The van der Waals surface area contributed by atoms with Crippen molar-refractivity contribution in [2.45, 2.75) is 44.6 Å². The van der Waals surface area contributed by atoms with Crippen LogP contribution in [0.15, 0.2) is 24.3 Å². The van der Waals surface area contributed by atoms with Crippen molar-refractivity contribution in [2.24, 2.45) is 5.73 Å². The van der Waals surface area contributed by atoms with Gasteiger partial charge in [-0.05, 0) is 38.3 Å². The van der Waals surface area contributed by atoms with Crippen molar-refractivity contribution in [3.05, 3.63) is 41.6 Å². The molecule has 1 aromatic heterocycles. The Morgan fingerprint density at radius 2 is 2.20 bits per heavy atom. The average Bonchev–Trinajstić information content (AvgIpc) is 2.81. The number of aromatic amines is 1. The predicted molar refractivity (Wildman–Crippen MR) is 77.9 cm³/mol. The maximum Gasteiger partial charge on any atom is 0.123 e. The van der Waals surface area contributed by atoms with Crippen molar-refractivity contribution in [1.29, 1.82) is 0 Å². The van der Waals surface area contributed by atoms with E-state index in [0.717, 1.165) is 48.5 Å². The minimum Gasteiger partial charge on any atom is -0.345 e. The second-order valence-corrected chi connectivity index (χ2v) is 5.73. The third kappa shape index (κ3) is 2.61. The summed E-state index contributed by atoms with van der Waals surface area (Å²) in [6, 6.07) is 6.86. The number of hydrogen-bond acceptors (Lipinski definition) is 2. The van der Waals surface area contributed by atoms with E-state index in [0.29, 0.717) is 5.92 Å². The highest BCUT2D eigenvalue weighted by Crippen LogP contribution is 2.32. The van der Waals surface area contributed by atoms with Crippen LogP contribution in [0.3, 0.4) is 0 Å². The first kappa shape index (κ1) is 13.3. The first-order valence-electron chi connectivity index (χ1n) is 7.21.